The number of anilines is 1. The number of sulfonamides is 1. The fourth-order valence-corrected chi connectivity index (χ4v) is 4.47. The van der Waals surface area contributed by atoms with E-state index in [2.05, 4.69) is 5.32 Å². The van der Waals surface area contributed by atoms with Crippen molar-refractivity contribution in [2.24, 2.45) is 0 Å². The molecule has 3 aromatic rings. The fourth-order valence-electron chi connectivity index (χ4n) is 3.08. The summed E-state index contributed by atoms with van der Waals surface area (Å²) >= 11 is 0. The minimum atomic E-state index is -3.83. The first kappa shape index (κ1) is 22.5. The molecule has 162 valence electrons. The molecule has 0 unspecified atom stereocenters. The molecular formula is C24H26N2O4S. The highest BCUT2D eigenvalue weighted by atomic mass is 32.2. The normalized spacial score (nSPS) is 11.3. The van der Waals surface area contributed by atoms with Crippen LogP contribution in [-0.4, -0.2) is 38.8 Å². The predicted molar refractivity (Wildman–Crippen MR) is 122 cm³/mol. The minimum absolute atomic E-state index is 0.170. The Bertz CT molecular complexity index is 1100. The molecule has 0 aliphatic carbocycles. The average molecular weight is 439 g/mol. The molecule has 0 spiro atoms. The molecule has 1 amide bonds. The van der Waals surface area contributed by atoms with E-state index in [1.54, 1.807) is 55.6 Å². The van der Waals surface area contributed by atoms with Gasteiger partial charge in [0.25, 0.3) is 0 Å². The van der Waals surface area contributed by atoms with Gasteiger partial charge in [0.1, 0.15) is 5.75 Å². The second-order valence-corrected chi connectivity index (χ2v) is 9.10. The molecule has 3 aromatic carbocycles. The van der Waals surface area contributed by atoms with Crippen molar-refractivity contribution in [2.45, 2.75) is 18.2 Å². The van der Waals surface area contributed by atoms with Crippen LogP contribution in [0.15, 0.2) is 83.8 Å². The van der Waals surface area contributed by atoms with Crippen LogP contribution in [0.25, 0.3) is 0 Å². The third-order valence-electron chi connectivity index (χ3n) is 4.85. The summed E-state index contributed by atoms with van der Waals surface area (Å²) in [7, 11) is -2.27. The van der Waals surface area contributed by atoms with Crippen molar-refractivity contribution in [3.63, 3.8) is 0 Å². The van der Waals surface area contributed by atoms with Crippen LogP contribution in [0.3, 0.4) is 0 Å². The molecule has 0 aromatic heterocycles. The van der Waals surface area contributed by atoms with Gasteiger partial charge < -0.3 is 10.1 Å². The number of methoxy groups -OCH3 is 1. The smallest absolute Gasteiger partial charge is 0.243 e. The third-order valence-corrected chi connectivity index (χ3v) is 6.70. The number of hydrogen-bond acceptors (Lipinski definition) is 4. The van der Waals surface area contributed by atoms with E-state index in [4.69, 9.17) is 4.74 Å². The molecule has 6 nitrogen and oxygen atoms in total. The van der Waals surface area contributed by atoms with Crippen molar-refractivity contribution in [3.8, 4) is 5.75 Å². The molecule has 0 radical (unpaired) electrons. The lowest BCUT2D eigenvalue weighted by Gasteiger charge is -2.22. The maximum absolute atomic E-state index is 13.3. The van der Waals surface area contributed by atoms with Crippen molar-refractivity contribution in [1.29, 1.82) is 0 Å². The summed E-state index contributed by atoms with van der Waals surface area (Å²) < 4.78 is 32.9. The van der Waals surface area contributed by atoms with E-state index in [1.807, 2.05) is 37.3 Å². The maximum Gasteiger partial charge on any atom is 0.243 e. The van der Waals surface area contributed by atoms with Crippen LogP contribution >= 0.6 is 0 Å². The summed E-state index contributed by atoms with van der Waals surface area (Å²) in [4.78, 5) is 12.8. The Balaban J connectivity index is 1.78. The quantitative estimate of drug-likeness (QED) is 0.550. The maximum atomic E-state index is 13.3. The number of benzene rings is 3. The molecule has 3 rings (SSSR count). The molecule has 7 heteroatoms. The number of carbonyl (C=O) groups is 1. The summed E-state index contributed by atoms with van der Waals surface area (Å²) in [5, 5.41) is 2.75. The first-order valence-electron chi connectivity index (χ1n) is 9.93. The summed E-state index contributed by atoms with van der Waals surface area (Å²) in [6.07, 6.45) is 0.502. The molecule has 0 fully saturated rings. The van der Waals surface area contributed by atoms with Gasteiger partial charge in [-0.15, -0.1) is 0 Å². The minimum Gasteiger partial charge on any atom is -0.497 e. The zero-order valence-electron chi connectivity index (χ0n) is 17.6. The number of nitrogens with one attached hydrogen (secondary N) is 1. The molecule has 1 N–H and O–H groups in total. The molecular weight excluding hydrogens is 412 g/mol. The highest BCUT2D eigenvalue weighted by Crippen LogP contribution is 2.19. The lowest BCUT2D eigenvalue weighted by Crippen LogP contribution is -2.39. The Hall–Kier alpha value is -3.16. The van der Waals surface area contributed by atoms with Crippen LogP contribution in [-0.2, 0) is 21.2 Å². The van der Waals surface area contributed by atoms with Crippen molar-refractivity contribution < 1.29 is 17.9 Å². The molecule has 0 saturated heterocycles. The van der Waals surface area contributed by atoms with Gasteiger partial charge in [0, 0.05) is 12.2 Å². The largest absolute Gasteiger partial charge is 0.497 e. The summed E-state index contributed by atoms with van der Waals surface area (Å²) in [5.74, 6) is 0.262. The van der Waals surface area contributed by atoms with Crippen LogP contribution in [0, 0.1) is 6.92 Å². The van der Waals surface area contributed by atoms with Crippen LogP contribution in [0.1, 0.15) is 11.1 Å². The second kappa shape index (κ2) is 10.2. The van der Waals surface area contributed by atoms with E-state index in [9.17, 15) is 13.2 Å². The monoisotopic (exact) mass is 438 g/mol. The number of hydrogen-bond donors (Lipinski definition) is 1. The summed E-state index contributed by atoms with van der Waals surface area (Å²) in [5.41, 5.74) is 2.54. The van der Waals surface area contributed by atoms with Crippen LogP contribution in [0.4, 0.5) is 5.69 Å². The second-order valence-electron chi connectivity index (χ2n) is 7.16. The van der Waals surface area contributed by atoms with Gasteiger partial charge in [-0.1, -0.05) is 48.0 Å². The van der Waals surface area contributed by atoms with Gasteiger partial charge in [-0.05, 0) is 55.3 Å². The fraction of sp³-hybridized carbons (Fsp3) is 0.208. The first-order valence-corrected chi connectivity index (χ1v) is 11.4. The Labute approximate surface area is 183 Å². The SMILES string of the molecule is COc1ccc(NC(=O)CN(CCc2ccccc2)S(=O)(=O)c2ccc(C)cc2)cc1. The van der Waals surface area contributed by atoms with Crippen molar-refractivity contribution >= 4 is 21.6 Å². The number of carbonyl (C=O) groups excluding carboxylic acids is 1. The first-order chi connectivity index (χ1) is 14.9. The van der Waals surface area contributed by atoms with E-state index in [0.717, 1.165) is 11.1 Å². The average Bonchev–Trinajstić information content (AvgIpc) is 2.78. The molecule has 0 aliphatic rings. The number of ether oxygens (including phenoxy) is 1. The number of aryl methyl sites for hydroxylation is 1. The zero-order valence-corrected chi connectivity index (χ0v) is 18.4. The summed E-state index contributed by atoms with van der Waals surface area (Å²) in [6, 6.07) is 23.1. The van der Waals surface area contributed by atoms with E-state index >= 15 is 0 Å². The van der Waals surface area contributed by atoms with Gasteiger partial charge >= 0.3 is 0 Å². The van der Waals surface area contributed by atoms with Gasteiger partial charge in [0.2, 0.25) is 15.9 Å². The van der Waals surface area contributed by atoms with Crippen molar-refractivity contribution in [1.82, 2.24) is 4.31 Å². The molecule has 0 saturated carbocycles. The highest BCUT2D eigenvalue weighted by molar-refractivity contribution is 7.89. The molecule has 0 bridgehead atoms. The lowest BCUT2D eigenvalue weighted by molar-refractivity contribution is -0.116. The third kappa shape index (κ3) is 6.16. The Morgan fingerprint density at radius 2 is 1.58 bits per heavy atom. The topological polar surface area (TPSA) is 75.7 Å². The molecule has 0 atom stereocenters. The number of amides is 1. The van der Waals surface area contributed by atoms with Crippen molar-refractivity contribution in [2.75, 3.05) is 25.5 Å². The Morgan fingerprint density at radius 3 is 2.19 bits per heavy atom. The molecule has 0 aliphatic heterocycles. The van der Waals surface area contributed by atoms with Crippen LogP contribution < -0.4 is 10.1 Å². The molecule has 0 heterocycles. The van der Waals surface area contributed by atoms with Crippen molar-refractivity contribution in [3.05, 3.63) is 90.0 Å². The van der Waals surface area contributed by atoms with Crippen LogP contribution in [0.2, 0.25) is 0 Å². The molecule has 31 heavy (non-hydrogen) atoms. The zero-order chi connectivity index (χ0) is 22.3. The Morgan fingerprint density at radius 1 is 0.935 bits per heavy atom. The predicted octanol–water partition coefficient (Wildman–Crippen LogP) is 3.88. The van der Waals surface area contributed by atoms with Gasteiger partial charge in [-0.25, -0.2) is 8.42 Å². The van der Waals surface area contributed by atoms with Gasteiger partial charge in [0.05, 0.1) is 18.6 Å². The number of nitrogens with zero attached hydrogens (tertiary/aromatic N) is 1. The highest BCUT2D eigenvalue weighted by Gasteiger charge is 2.26. The number of rotatable bonds is 9. The lowest BCUT2D eigenvalue weighted by atomic mass is 10.1. The summed E-state index contributed by atoms with van der Waals surface area (Å²) in [6.45, 7) is 1.80. The van der Waals surface area contributed by atoms with E-state index in [1.165, 1.54) is 4.31 Å². The van der Waals surface area contributed by atoms with Gasteiger partial charge in [0.15, 0.2) is 0 Å². The van der Waals surface area contributed by atoms with Gasteiger partial charge in [-0.2, -0.15) is 4.31 Å². The Kier molecular flexibility index (Phi) is 7.44. The van der Waals surface area contributed by atoms with E-state index in [-0.39, 0.29) is 18.0 Å². The van der Waals surface area contributed by atoms with Gasteiger partial charge in [-0.3, -0.25) is 4.79 Å². The van der Waals surface area contributed by atoms with Crippen LogP contribution in [0.5, 0.6) is 5.75 Å². The van der Waals surface area contributed by atoms with E-state index in [0.29, 0.717) is 17.9 Å². The standard InChI is InChI=1S/C24H26N2O4S/c1-19-8-14-23(15-9-19)31(28,29)26(17-16-20-6-4-3-5-7-20)18-24(27)25-21-10-12-22(30-2)13-11-21/h3-15H,16-18H2,1-2H3,(H,25,27). The van der Waals surface area contributed by atoms with E-state index < -0.39 is 15.9 Å².